The van der Waals surface area contributed by atoms with E-state index in [0.717, 1.165) is 52.1 Å². The minimum absolute atomic E-state index is 0.00312. The number of nitrogens with zero attached hydrogens (tertiary/aromatic N) is 1. The van der Waals surface area contributed by atoms with E-state index in [1.54, 1.807) is 0 Å². The molecule has 2 amide bonds. The van der Waals surface area contributed by atoms with E-state index in [2.05, 4.69) is 46.9 Å². The van der Waals surface area contributed by atoms with Gasteiger partial charge in [0.2, 0.25) is 11.8 Å². The highest BCUT2D eigenvalue weighted by Crippen LogP contribution is 2.02. The second-order valence-electron chi connectivity index (χ2n) is 9.19. The van der Waals surface area contributed by atoms with Crippen LogP contribution >= 0.6 is 0 Å². The summed E-state index contributed by atoms with van der Waals surface area (Å²) in [4.78, 5) is 26.1. The maximum absolute atomic E-state index is 11.9. The molecule has 0 bridgehead atoms. The molecule has 0 radical (unpaired) electrons. The first-order chi connectivity index (χ1) is 14.2. The minimum atomic E-state index is -0.00312. The Bertz CT molecular complexity index is 429. The Labute approximate surface area is 185 Å². The summed E-state index contributed by atoms with van der Waals surface area (Å²) in [6, 6.07) is 0.400. The molecule has 0 spiro atoms. The first kappa shape index (κ1) is 28.8. The molecule has 0 saturated carbocycles. The largest absolute Gasteiger partial charge is 0.355 e. The molecular weight excluding hydrogens is 378 g/mol. The van der Waals surface area contributed by atoms with E-state index >= 15 is 0 Å². The fraction of sp³-hybridized carbons (Fsp3) is 0.913. The molecule has 7 nitrogen and oxygen atoms in total. The Kier molecular flexibility index (Phi) is 16.8. The van der Waals surface area contributed by atoms with Crippen molar-refractivity contribution in [1.82, 2.24) is 26.2 Å². The molecule has 4 N–H and O–H groups in total. The van der Waals surface area contributed by atoms with Crippen molar-refractivity contribution < 1.29 is 9.59 Å². The average molecular weight is 428 g/mol. The lowest BCUT2D eigenvalue weighted by Gasteiger charge is -2.28. The Morgan fingerprint density at radius 3 is 1.80 bits per heavy atom. The number of carbonyl (C=O) groups is 2. The molecule has 178 valence electrons. The van der Waals surface area contributed by atoms with E-state index in [9.17, 15) is 9.59 Å². The molecule has 30 heavy (non-hydrogen) atoms. The van der Waals surface area contributed by atoms with Crippen molar-refractivity contribution in [2.45, 2.75) is 67.3 Å². The van der Waals surface area contributed by atoms with Crippen LogP contribution in [-0.4, -0.2) is 75.1 Å². The van der Waals surface area contributed by atoms with Crippen LogP contribution in [-0.2, 0) is 9.59 Å². The van der Waals surface area contributed by atoms with Gasteiger partial charge < -0.3 is 21.3 Å². The summed E-state index contributed by atoms with van der Waals surface area (Å²) in [7, 11) is 0. The van der Waals surface area contributed by atoms with Gasteiger partial charge in [0.1, 0.15) is 0 Å². The van der Waals surface area contributed by atoms with Gasteiger partial charge in [0.25, 0.3) is 0 Å². The molecule has 0 aliphatic rings. The van der Waals surface area contributed by atoms with Gasteiger partial charge in [-0.25, -0.2) is 0 Å². The predicted molar refractivity (Wildman–Crippen MR) is 127 cm³/mol. The maximum Gasteiger partial charge on any atom is 0.222 e. The van der Waals surface area contributed by atoms with Crippen LogP contribution in [0.15, 0.2) is 0 Å². The quantitative estimate of drug-likeness (QED) is 0.251. The zero-order valence-corrected chi connectivity index (χ0v) is 20.6. The SMILES string of the molecule is CCNC(CCCNCC(C)C)CN(CCNC(=O)C(C)C)CCNC(=O)C(C)C. The van der Waals surface area contributed by atoms with E-state index in [1.807, 2.05) is 27.7 Å². The van der Waals surface area contributed by atoms with Gasteiger partial charge in [-0.15, -0.1) is 0 Å². The van der Waals surface area contributed by atoms with E-state index < -0.39 is 0 Å². The normalized spacial score (nSPS) is 12.8. The van der Waals surface area contributed by atoms with Crippen LogP contribution < -0.4 is 21.3 Å². The fourth-order valence-electron chi connectivity index (χ4n) is 3.10. The molecule has 7 heteroatoms. The third-order valence-electron chi connectivity index (χ3n) is 4.93. The van der Waals surface area contributed by atoms with Gasteiger partial charge >= 0.3 is 0 Å². The lowest BCUT2D eigenvalue weighted by molar-refractivity contribution is -0.124. The van der Waals surface area contributed by atoms with Crippen LogP contribution in [0.5, 0.6) is 0 Å². The Hall–Kier alpha value is -1.18. The molecule has 0 fully saturated rings. The minimum Gasteiger partial charge on any atom is -0.355 e. The maximum atomic E-state index is 11.9. The molecular formula is C23H49N5O2. The molecule has 1 unspecified atom stereocenters. The Morgan fingerprint density at radius 1 is 0.833 bits per heavy atom. The Balaban J connectivity index is 4.62. The summed E-state index contributed by atoms with van der Waals surface area (Å²) in [5, 5.41) is 13.1. The highest BCUT2D eigenvalue weighted by molar-refractivity contribution is 5.78. The molecule has 1 atom stereocenters. The number of hydrogen-bond donors (Lipinski definition) is 4. The first-order valence-electron chi connectivity index (χ1n) is 11.9. The summed E-state index contributed by atoms with van der Waals surface area (Å²) in [6.45, 7) is 21.0. The smallest absolute Gasteiger partial charge is 0.222 e. The second-order valence-corrected chi connectivity index (χ2v) is 9.19. The van der Waals surface area contributed by atoms with Crippen LogP contribution in [0.4, 0.5) is 0 Å². The van der Waals surface area contributed by atoms with E-state index in [0.29, 0.717) is 25.0 Å². The summed E-state index contributed by atoms with van der Waals surface area (Å²) in [6.07, 6.45) is 2.23. The van der Waals surface area contributed by atoms with Crippen molar-refractivity contribution in [3.05, 3.63) is 0 Å². The molecule has 0 heterocycles. The van der Waals surface area contributed by atoms with Gasteiger partial charge in [-0.2, -0.15) is 0 Å². The molecule has 0 aromatic rings. The highest BCUT2D eigenvalue weighted by Gasteiger charge is 2.15. The number of hydrogen-bond acceptors (Lipinski definition) is 5. The van der Waals surface area contributed by atoms with Crippen LogP contribution in [0.2, 0.25) is 0 Å². The molecule has 0 aromatic heterocycles. The Morgan fingerprint density at radius 2 is 1.37 bits per heavy atom. The lowest BCUT2D eigenvalue weighted by atomic mass is 10.1. The van der Waals surface area contributed by atoms with Crippen LogP contribution in [0, 0.1) is 17.8 Å². The van der Waals surface area contributed by atoms with Crippen molar-refractivity contribution >= 4 is 11.8 Å². The number of amides is 2. The van der Waals surface area contributed by atoms with E-state index in [-0.39, 0.29) is 23.7 Å². The van der Waals surface area contributed by atoms with Crippen LogP contribution in [0.1, 0.15) is 61.3 Å². The molecule has 0 aliphatic heterocycles. The van der Waals surface area contributed by atoms with Crippen molar-refractivity contribution in [3.8, 4) is 0 Å². The van der Waals surface area contributed by atoms with Gasteiger partial charge in [-0.1, -0.05) is 48.5 Å². The van der Waals surface area contributed by atoms with E-state index in [1.165, 1.54) is 0 Å². The second kappa shape index (κ2) is 17.5. The molecule has 0 rings (SSSR count). The van der Waals surface area contributed by atoms with Crippen LogP contribution in [0.3, 0.4) is 0 Å². The summed E-state index contributed by atoms with van der Waals surface area (Å²) in [5.74, 6) is 0.838. The van der Waals surface area contributed by atoms with Gasteiger partial charge in [0.05, 0.1) is 0 Å². The topological polar surface area (TPSA) is 85.5 Å². The van der Waals surface area contributed by atoms with Crippen molar-refractivity contribution in [2.75, 3.05) is 52.4 Å². The third kappa shape index (κ3) is 15.6. The van der Waals surface area contributed by atoms with Gasteiger partial charge in [-0.05, 0) is 38.4 Å². The van der Waals surface area contributed by atoms with Gasteiger partial charge in [-0.3, -0.25) is 14.5 Å². The number of nitrogens with one attached hydrogen (secondary N) is 4. The van der Waals surface area contributed by atoms with E-state index in [4.69, 9.17) is 0 Å². The van der Waals surface area contributed by atoms with Crippen molar-refractivity contribution in [3.63, 3.8) is 0 Å². The van der Waals surface area contributed by atoms with Crippen LogP contribution in [0.25, 0.3) is 0 Å². The van der Waals surface area contributed by atoms with Gasteiger partial charge in [0, 0.05) is 50.6 Å². The summed E-state index contributed by atoms with van der Waals surface area (Å²) >= 11 is 0. The zero-order valence-electron chi connectivity index (χ0n) is 20.6. The van der Waals surface area contributed by atoms with Crippen molar-refractivity contribution in [1.29, 1.82) is 0 Å². The zero-order chi connectivity index (χ0) is 22.9. The standard InChI is InChI=1S/C23H49N5O2/c1-8-25-21(10-9-11-24-16-18(2)3)17-28(14-12-26-22(29)19(4)5)15-13-27-23(30)20(6)7/h18-21,24-25H,8-17H2,1-7H3,(H,26,29)(H,27,30). The summed E-state index contributed by atoms with van der Waals surface area (Å²) in [5.41, 5.74) is 0. The van der Waals surface area contributed by atoms with Crippen molar-refractivity contribution in [2.24, 2.45) is 17.8 Å². The molecule has 0 aliphatic carbocycles. The monoisotopic (exact) mass is 427 g/mol. The molecule has 0 aromatic carbocycles. The molecule has 0 saturated heterocycles. The number of carbonyl (C=O) groups excluding carboxylic acids is 2. The average Bonchev–Trinajstić information content (AvgIpc) is 2.66. The highest BCUT2D eigenvalue weighted by atomic mass is 16.2. The lowest BCUT2D eigenvalue weighted by Crippen LogP contribution is -2.47. The third-order valence-corrected chi connectivity index (χ3v) is 4.93. The number of likely N-dealkylation sites (N-methyl/N-ethyl adjacent to an activating group) is 1. The van der Waals surface area contributed by atoms with Gasteiger partial charge in [0.15, 0.2) is 0 Å². The fourth-order valence-corrected chi connectivity index (χ4v) is 3.10. The first-order valence-corrected chi connectivity index (χ1v) is 11.9. The summed E-state index contributed by atoms with van der Waals surface area (Å²) < 4.78 is 0. The number of rotatable bonds is 18. The predicted octanol–water partition coefficient (Wildman–Crippen LogP) is 1.84.